The fourth-order valence-electron chi connectivity index (χ4n) is 10.5. The van der Waals surface area contributed by atoms with Gasteiger partial charge in [0.2, 0.25) is 0 Å². The van der Waals surface area contributed by atoms with E-state index >= 15 is 0 Å². The minimum Gasteiger partial charge on any atom is -0.393 e. The van der Waals surface area contributed by atoms with Crippen LogP contribution in [-0.2, 0) is 4.79 Å². The number of rotatable bonds is 1. The van der Waals surface area contributed by atoms with Crippen LogP contribution in [-0.4, -0.2) is 27.7 Å². The van der Waals surface area contributed by atoms with Crippen LogP contribution in [0.3, 0.4) is 0 Å². The number of aliphatic hydroxyl groups is 2. The first-order valence-corrected chi connectivity index (χ1v) is 12.5. The highest BCUT2D eigenvalue weighted by atomic mass is 16.3. The lowest BCUT2D eigenvalue weighted by Gasteiger charge is -2.66. The van der Waals surface area contributed by atoms with E-state index < -0.39 is 5.60 Å². The minimum atomic E-state index is -0.733. The molecule has 2 N–H and O–H groups in total. The summed E-state index contributed by atoms with van der Waals surface area (Å²) in [4.78, 5) is 13.2. The first kappa shape index (κ1) is 20.5. The van der Waals surface area contributed by atoms with Crippen LogP contribution in [0.2, 0.25) is 0 Å². The zero-order chi connectivity index (χ0) is 20.8. The smallest absolute Gasteiger partial charge is 0.136 e. The second-order valence-electron chi connectivity index (χ2n) is 12.4. The molecular weight excluding hydrogens is 360 g/mol. The number of aliphatic hydroxyl groups excluding tert-OH is 1. The van der Waals surface area contributed by atoms with Crippen molar-refractivity contribution in [2.75, 3.05) is 0 Å². The molecule has 0 aromatic heterocycles. The maximum atomic E-state index is 13.2. The van der Waals surface area contributed by atoms with Crippen LogP contribution in [0.15, 0.2) is 0 Å². The van der Waals surface area contributed by atoms with Gasteiger partial charge in [0.15, 0.2) is 0 Å². The van der Waals surface area contributed by atoms with E-state index in [1.165, 1.54) is 25.7 Å². The predicted molar refractivity (Wildman–Crippen MR) is 114 cm³/mol. The lowest BCUT2D eigenvalue weighted by atomic mass is 9.40. The monoisotopic (exact) mass is 402 g/mol. The standard InChI is InChI=1S/C26H42O3/c1-16-13-20-21(24(4)11-8-19(28)15-26(16,24)29)9-12-23(3)22(20)14-18-7-5-6-10-25(18,23)17(2)27/h16,18-22,28-29H,5-15H2,1-4H3/t16-,18-,19-,20-,21+,22+,23+,24-,25-,26+/m1/s1. The molecule has 3 nitrogen and oxygen atoms in total. The Kier molecular flexibility index (Phi) is 4.46. The molecule has 0 saturated heterocycles. The van der Waals surface area contributed by atoms with Crippen LogP contribution in [0.4, 0.5) is 0 Å². The van der Waals surface area contributed by atoms with Gasteiger partial charge in [-0.3, -0.25) is 4.79 Å². The molecule has 29 heavy (non-hydrogen) atoms. The van der Waals surface area contributed by atoms with Gasteiger partial charge in [0.05, 0.1) is 11.7 Å². The summed E-state index contributed by atoms with van der Waals surface area (Å²) in [7, 11) is 0. The third kappa shape index (κ3) is 2.30. The quantitative estimate of drug-likeness (QED) is 0.639. The number of carbonyl (C=O) groups excluding carboxylic acids is 1. The van der Waals surface area contributed by atoms with Crippen LogP contribution >= 0.6 is 0 Å². The van der Waals surface area contributed by atoms with Gasteiger partial charge in [0.1, 0.15) is 5.78 Å². The van der Waals surface area contributed by atoms with E-state index in [4.69, 9.17) is 0 Å². The summed E-state index contributed by atoms with van der Waals surface area (Å²) < 4.78 is 0. The first-order valence-electron chi connectivity index (χ1n) is 12.5. The summed E-state index contributed by atoms with van der Waals surface area (Å²) in [5.41, 5.74) is -0.761. The van der Waals surface area contributed by atoms with Crippen LogP contribution in [0.25, 0.3) is 0 Å². The summed E-state index contributed by atoms with van der Waals surface area (Å²) in [6.07, 6.45) is 11.5. The van der Waals surface area contributed by atoms with E-state index in [9.17, 15) is 15.0 Å². The van der Waals surface area contributed by atoms with Crippen molar-refractivity contribution in [1.29, 1.82) is 0 Å². The molecule has 0 aliphatic heterocycles. The van der Waals surface area contributed by atoms with Crippen LogP contribution in [0.5, 0.6) is 0 Å². The van der Waals surface area contributed by atoms with Gasteiger partial charge >= 0.3 is 0 Å². The summed E-state index contributed by atoms with van der Waals surface area (Å²) >= 11 is 0. The lowest BCUT2D eigenvalue weighted by molar-refractivity contribution is -0.246. The van der Waals surface area contributed by atoms with Gasteiger partial charge in [-0.15, -0.1) is 0 Å². The Labute approximate surface area is 177 Å². The van der Waals surface area contributed by atoms with Crippen molar-refractivity contribution in [3.63, 3.8) is 0 Å². The molecule has 5 saturated carbocycles. The number of hydrogen-bond acceptors (Lipinski definition) is 3. The van der Waals surface area contributed by atoms with Gasteiger partial charge in [-0.1, -0.05) is 33.6 Å². The number of Topliss-reactive ketones (excluding diaryl/α,β-unsaturated/α-hetero) is 1. The molecule has 0 radical (unpaired) electrons. The van der Waals surface area contributed by atoms with Gasteiger partial charge in [-0.05, 0) is 98.7 Å². The van der Waals surface area contributed by atoms with Crippen molar-refractivity contribution in [3.05, 3.63) is 0 Å². The van der Waals surface area contributed by atoms with Gasteiger partial charge < -0.3 is 10.2 Å². The Bertz CT molecular complexity index is 704. The van der Waals surface area contributed by atoms with E-state index in [0.29, 0.717) is 35.9 Å². The van der Waals surface area contributed by atoms with E-state index in [0.717, 1.165) is 38.5 Å². The molecule has 3 heteroatoms. The Morgan fingerprint density at radius 2 is 1.66 bits per heavy atom. The average Bonchev–Trinajstić information content (AvgIpc) is 2.95. The van der Waals surface area contributed by atoms with Crippen molar-refractivity contribution < 1.29 is 15.0 Å². The summed E-state index contributed by atoms with van der Waals surface area (Å²) in [5, 5.41) is 22.2. The highest BCUT2D eigenvalue weighted by Crippen LogP contribution is 2.75. The largest absolute Gasteiger partial charge is 0.393 e. The molecular formula is C26H42O3. The molecule has 0 amide bonds. The molecule has 10 atom stereocenters. The van der Waals surface area contributed by atoms with E-state index in [-0.39, 0.29) is 28.3 Å². The molecule has 5 aliphatic rings. The van der Waals surface area contributed by atoms with Crippen LogP contribution in [0.1, 0.15) is 98.3 Å². The third-order valence-electron chi connectivity index (χ3n) is 11.9. The summed E-state index contributed by atoms with van der Waals surface area (Å²) in [5.74, 6) is 3.08. The van der Waals surface area contributed by atoms with Gasteiger partial charge in [-0.2, -0.15) is 0 Å². The molecule has 0 bridgehead atoms. The Hall–Kier alpha value is -0.410. The molecule has 164 valence electrons. The second kappa shape index (κ2) is 6.31. The molecule has 0 aromatic carbocycles. The second-order valence-corrected chi connectivity index (χ2v) is 12.4. The molecule has 0 aromatic rings. The van der Waals surface area contributed by atoms with E-state index in [1.54, 1.807) is 0 Å². The summed E-state index contributed by atoms with van der Waals surface area (Å²) in [6, 6.07) is 0. The van der Waals surface area contributed by atoms with Crippen molar-refractivity contribution in [3.8, 4) is 0 Å². The maximum absolute atomic E-state index is 13.2. The molecule has 0 unspecified atom stereocenters. The molecule has 5 aliphatic carbocycles. The number of hydrogen-bond donors (Lipinski definition) is 2. The zero-order valence-corrected chi connectivity index (χ0v) is 19.0. The highest BCUT2D eigenvalue weighted by Gasteiger charge is 2.71. The number of fused-ring (bicyclic) bond motifs is 7. The normalized spacial score (nSPS) is 59.2. The van der Waals surface area contributed by atoms with Crippen LogP contribution < -0.4 is 0 Å². The molecule has 5 fully saturated rings. The highest BCUT2D eigenvalue weighted by molar-refractivity contribution is 5.84. The SMILES string of the molecule is CC(=O)[C@]12CCCC[C@@H]1C[C@H]1[C@@H]3C[C@@H](C)[C@@]4(O)C[C@H](O)CC[C@]4(C)[C@H]3CC[C@@]12C. The number of ketones is 1. The third-order valence-corrected chi connectivity index (χ3v) is 11.9. The average molecular weight is 403 g/mol. The first-order chi connectivity index (χ1) is 13.6. The van der Waals surface area contributed by atoms with Crippen molar-refractivity contribution in [2.24, 2.45) is 45.8 Å². The summed E-state index contributed by atoms with van der Waals surface area (Å²) in [6.45, 7) is 8.96. The van der Waals surface area contributed by atoms with Crippen molar-refractivity contribution >= 4 is 5.78 Å². The number of carbonyl (C=O) groups is 1. The Morgan fingerprint density at radius 1 is 0.931 bits per heavy atom. The van der Waals surface area contributed by atoms with Crippen LogP contribution in [0, 0.1) is 45.8 Å². The van der Waals surface area contributed by atoms with Gasteiger partial charge in [0.25, 0.3) is 0 Å². The Balaban J connectivity index is 1.55. The predicted octanol–water partition coefficient (Wildman–Crippen LogP) is 5.13. The molecule has 0 spiro atoms. The Morgan fingerprint density at radius 3 is 2.38 bits per heavy atom. The molecule has 5 rings (SSSR count). The van der Waals surface area contributed by atoms with E-state index in [2.05, 4.69) is 20.8 Å². The van der Waals surface area contributed by atoms with Crippen molar-refractivity contribution in [1.82, 2.24) is 0 Å². The van der Waals surface area contributed by atoms with E-state index in [1.807, 2.05) is 6.92 Å². The van der Waals surface area contributed by atoms with Gasteiger partial charge in [-0.25, -0.2) is 0 Å². The minimum absolute atomic E-state index is 0.0818. The van der Waals surface area contributed by atoms with Crippen molar-refractivity contribution in [2.45, 2.75) is 110 Å². The molecule has 0 heterocycles. The fourth-order valence-corrected chi connectivity index (χ4v) is 10.5. The topological polar surface area (TPSA) is 57.5 Å². The van der Waals surface area contributed by atoms with Gasteiger partial charge in [0, 0.05) is 11.8 Å². The lowest BCUT2D eigenvalue weighted by Crippen LogP contribution is -2.66. The fraction of sp³-hybridized carbons (Fsp3) is 0.962. The maximum Gasteiger partial charge on any atom is 0.136 e. The zero-order valence-electron chi connectivity index (χ0n) is 19.0.